The number of hydrazine groups is 1. The minimum atomic E-state index is 0.318. The van der Waals surface area contributed by atoms with Gasteiger partial charge >= 0.3 is 0 Å². The highest BCUT2D eigenvalue weighted by molar-refractivity contribution is 5.45. The Kier molecular flexibility index (Phi) is 3.87. The summed E-state index contributed by atoms with van der Waals surface area (Å²) in [5.74, 6) is 2.24. The molecule has 2 unspecified atom stereocenters. The van der Waals surface area contributed by atoms with E-state index in [0.29, 0.717) is 18.8 Å². The molecule has 0 saturated carbocycles. The topological polar surface area (TPSA) is 54.5 Å². The van der Waals surface area contributed by atoms with Crippen molar-refractivity contribution in [3.63, 3.8) is 0 Å². The van der Waals surface area contributed by atoms with Gasteiger partial charge in [0.2, 0.25) is 6.79 Å². The summed E-state index contributed by atoms with van der Waals surface area (Å²) in [4.78, 5) is 0. The van der Waals surface area contributed by atoms with E-state index in [1.807, 2.05) is 6.07 Å². The Bertz CT molecular complexity index is 439. The van der Waals surface area contributed by atoms with Crippen LogP contribution in [0.3, 0.4) is 0 Å². The van der Waals surface area contributed by atoms with Gasteiger partial charge in [0, 0.05) is 19.0 Å². The van der Waals surface area contributed by atoms with Gasteiger partial charge in [-0.25, -0.2) is 5.43 Å². The smallest absolute Gasteiger partial charge is 0.231 e. The Morgan fingerprint density at radius 1 is 1.32 bits per heavy atom. The SMILES string of the molecule is CCCNCC1CNNC1c1ccc2c(c1)OCO2. The maximum atomic E-state index is 5.45. The number of ether oxygens (including phenoxy) is 2. The zero-order valence-corrected chi connectivity index (χ0v) is 11.2. The molecule has 1 saturated heterocycles. The molecule has 0 aromatic heterocycles. The molecule has 19 heavy (non-hydrogen) atoms. The molecule has 104 valence electrons. The molecular weight excluding hydrogens is 242 g/mol. The summed E-state index contributed by atoms with van der Waals surface area (Å²) >= 11 is 0. The number of fused-ring (bicyclic) bond motifs is 1. The van der Waals surface area contributed by atoms with E-state index in [1.54, 1.807) is 0 Å². The summed E-state index contributed by atoms with van der Waals surface area (Å²) in [6.45, 7) is 5.59. The molecule has 3 rings (SSSR count). The lowest BCUT2D eigenvalue weighted by Gasteiger charge is -2.19. The van der Waals surface area contributed by atoms with Crippen molar-refractivity contribution in [1.82, 2.24) is 16.2 Å². The maximum Gasteiger partial charge on any atom is 0.231 e. The van der Waals surface area contributed by atoms with E-state index in [4.69, 9.17) is 9.47 Å². The molecule has 0 spiro atoms. The average Bonchev–Trinajstić information content (AvgIpc) is 3.06. The quantitative estimate of drug-likeness (QED) is 0.697. The zero-order chi connectivity index (χ0) is 13.1. The van der Waals surface area contributed by atoms with Crippen LogP contribution in [-0.2, 0) is 0 Å². The normalized spacial score (nSPS) is 24.9. The van der Waals surface area contributed by atoms with Gasteiger partial charge in [-0.1, -0.05) is 13.0 Å². The second kappa shape index (κ2) is 5.77. The van der Waals surface area contributed by atoms with Gasteiger partial charge in [-0.2, -0.15) is 0 Å². The molecule has 2 atom stereocenters. The van der Waals surface area contributed by atoms with Crippen molar-refractivity contribution >= 4 is 0 Å². The fourth-order valence-corrected chi connectivity index (χ4v) is 2.65. The second-order valence-corrected chi connectivity index (χ2v) is 5.08. The lowest BCUT2D eigenvalue weighted by molar-refractivity contribution is 0.174. The fraction of sp³-hybridized carbons (Fsp3) is 0.571. The largest absolute Gasteiger partial charge is 0.454 e. The fourth-order valence-electron chi connectivity index (χ4n) is 2.65. The van der Waals surface area contributed by atoms with Crippen LogP contribution in [0.1, 0.15) is 24.9 Å². The Morgan fingerprint density at radius 3 is 3.11 bits per heavy atom. The van der Waals surface area contributed by atoms with Crippen LogP contribution in [0, 0.1) is 5.92 Å². The number of hydrogen-bond acceptors (Lipinski definition) is 5. The second-order valence-electron chi connectivity index (χ2n) is 5.08. The van der Waals surface area contributed by atoms with Gasteiger partial charge in [0.05, 0.1) is 6.04 Å². The van der Waals surface area contributed by atoms with Crippen molar-refractivity contribution in [1.29, 1.82) is 0 Å². The predicted molar refractivity (Wildman–Crippen MR) is 73.1 cm³/mol. The highest BCUT2D eigenvalue weighted by Gasteiger charge is 2.29. The first-order chi connectivity index (χ1) is 9.38. The molecule has 1 aromatic rings. The Hall–Kier alpha value is -1.30. The van der Waals surface area contributed by atoms with E-state index < -0.39 is 0 Å². The van der Waals surface area contributed by atoms with Gasteiger partial charge in [-0.15, -0.1) is 0 Å². The molecule has 0 bridgehead atoms. The molecule has 0 aliphatic carbocycles. The van der Waals surface area contributed by atoms with Gasteiger partial charge in [-0.05, 0) is 30.7 Å². The molecular formula is C14H21N3O2. The minimum Gasteiger partial charge on any atom is -0.454 e. The summed E-state index contributed by atoms with van der Waals surface area (Å²) in [5, 5.41) is 3.49. The van der Waals surface area contributed by atoms with Crippen molar-refractivity contribution in [2.75, 3.05) is 26.4 Å². The van der Waals surface area contributed by atoms with Crippen LogP contribution >= 0.6 is 0 Å². The third kappa shape index (κ3) is 2.68. The number of rotatable bonds is 5. The van der Waals surface area contributed by atoms with Crippen LogP contribution in [0.4, 0.5) is 0 Å². The van der Waals surface area contributed by atoms with Crippen molar-refractivity contribution in [3.8, 4) is 11.5 Å². The molecule has 1 fully saturated rings. The third-order valence-corrected chi connectivity index (χ3v) is 3.68. The van der Waals surface area contributed by atoms with Crippen LogP contribution in [0.2, 0.25) is 0 Å². The standard InChI is InChI=1S/C14H21N3O2/c1-2-5-15-7-11-8-16-17-14(11)10-3-4-12-13(6-10)19-9-18-12/h3-4,6,11,14-17H,2,5,7-9H2,1H3. The molecule has 3 N–H and O–H groups in total. The van der Waals surface area contributed by atoms with Crippen LogP contribution in [0.15, 0.2) is 18.2 Å². The molecule has 2 heterocycles. The van der Waals surface area contributed by atoms with Gasteiger partial charge in [0.25, 0.3) is 0 Å². The van der Waals surface area contributed by atoms with Crippen molar-refractivity contribution in [2.45, 2.75) is 19.4 Å². The van der Waals surface area contributed by atoms with Gasteiger partial charge < -0.3 is 14.8 Å². The Balaban J connectivity index is 1.69. The number of hydrogen-bond donors (Lipinski definition) is 3. The van der Waals surface area contributed by atoms with Crippen LogP contribution in [-0.4, -0.2) is 26.4 Å². The summed E-state index contributed by atoms with van der Waals surface area (Å²) < 4.78 is 10.8. The van der Waals surface area contributed by atoms with Gasteiger partial charge in [0.1, 0.15) is 0 Å². The maximum absolute atomic E-state index is 5.45. The van der Waals surface area contributed by atoms with Crippen LogP contribution < -0.4 is 25.6 Å². The predicted octanol–water partition coefficient (Wildman–Crippen LogP) is 1.18. The number of nitrogens with one attached hydrogen (secondary N) is 3. The molecule has 2 aliphatic rings. The van der Waals surface area contributed by atoms with E-state index in [2.05, 4.69) is 35.2 Å². The van der Waals surface area contributed by atoms with Gasteiger partial charge in [0.15, 0.2) is 11.5 Å². The summed E-state index contributed by atoms with van der Waals surface area (Å²) in [7, 11) is 0. The first-order valence-electron chi connectivity index (χ1n) is 6.97. The first-order valence-corrected chi connectivity index (χ1v) is 6.97. The molecule has 5 heteroatoms. The lowest BCUT2D eigenvalue weighted by Crippen LogP contribution is -2.29. The highest BCUT2D eigenvalue weighted by Crippen LogP contribution is 2.36. The van der Waals surface area contributed by atoms with E-state index in [9.17, 15) is 0 Å². The summed E-state index contributed by atoms with van der Waals surface area (Å²) in [6, 6.07) is 6.51. The lowest BCUT2D eigenvalue weighted by atomic mass is 9.94. The molecule has 0 amide bonds. The van der Waals surface area contributed by atoms with Crippen LogP contribution in [0.5, 0.6) is 11.5 Å². The van der Waals surface area contributed by atoms with E-state index in [0.717, 1.165) is 31.1 Å². The number of benzene rings is 1. The van der Waals surface area contributed by atoms with Crippen LogP contribution in [0.25, 0.3) is 0 Å². The molecule has 0 radical (unpaired) electrons. The summed E-state index contributed by atoms with van der Waals surface area (Å²) in [5.41, 5.74) is 7.86. The summed E-state index contributed by atoms with van der Waals surface area (Å²) in [6.07, 6.45) is 1.17. The van der Waals surface area contributed by atoms with Gasteiger partial charge in [-0.3, -0.25) is 5.43 Å². The van der Waals surface area contributed by atoms with E-state index >= 15 is 0 Å². The van der Waals surface area contributed by atoms with Crippen molar-refractivity contribution < 1.29 is 9.47 Å². The van der Waals surface area contributed by atoms with Crippen molar-refractivity contribution in [3.05, 3.63) is 23.8 Å². The first kappa shape index (κ1) is 12.7. The van der Waals surface area contributed by atoms with Crippen molar-refractivity contribution in [2.24, 2.45) is 5.92 Å². The highest BCUT2D eigenvalue weighted by atomic mass is 16.7. The monoisotopic (exact) mass is 263 g/mol. The van der Waals surface area contributed by atoms with E-state index in [-0.39, 0.29) is 0 Å². The average molecular weight is 263 g/mol. The molecule has 2 aliphatic heterocycles. The third-order valence-electron chi connectivity index (χ3n) is 3.68. The zero-order valence-electron chi connectivity index (χ0n) is 11.2. The Morgan fingerprint density at radius 2 is 2.21 bits per heavy atom. The Labute approximate surface area is 113 Å². The van der Waals surface area contributed by atoms with E-state index in [1.165, 1.54) is 12.0 Å². The molecule has 1 aromatic carbocycles. The molecule has 5 nitrogen and oxygen atoms in total. The minimum absolute atomic E-state index is 0.318.